The van der Waals surface area contributed by atoms with E-state index in [0.717, 1.165) is 12.8 Å². The number of nitrogen functional groups attached to an aromatic ring is 1. The third-order valence-corrected chi connectivity index (χ3v) is 5.28. The normalized spacial score (nSPS) is 20.8. The van der Waals surface area contributed by atoms with Gasteiger partial charge in [0.05, 0.1) is 11.0 Å². The number of ether oxygens (including phenoxy) is 1. The van der Waals surface area contributed by atoms with Gasteiger partial charge < -0.3 is 10.2 Å². The number of anilines is 1. The van der Waals surface area contributed by atoms with Crippen LogP contribution < -0.4 is 11.3 Å². The third-order valence-electron chi connectivity index (χ3n) is 3.40. The predicted octanol–water partition coefficient (Wildman–Crippen LogP) is 1.16. The monoisotopic (exact) mass is 299 g/mol. The molecule has 1 heterocycles. The van der Waals surface area contributed by atoms with Crippen LogP contribution in [0.15, 0.2) is 29.2 Å². The number of nitrogens with two attached hydrogens (primary N) is 1. The minimum atomic E-state index is -3.45. The van der Waals surface area contributed by atoms with E-state index in [1.54, 1.807) is 24.3 Å². The average Bonchev–Trinajstić information content (AvgIpc) is 2.48. The summed E-state index contributed by atoms with van der Waals surface area (Å²) in [5.41, 5.74) is 3.16. The largest absolute Gasteiger partial charge is 0.377 e. The SMILES string of the molecule is CCOC1CCCN(S(=O)(=O)c2ccc(NN)cc2)C1. The van der Waals surface area contributed by atoms with Crippen molar-refractivity contribution in [2.24, 2.45) is 5.84 Å². The second-order valence-electron chi connectivity index (χ2n) is 4.75. The Hall–Kier alpha value is -1.15. The van der Waals surface area contributed by atoms with E-state index < -0.39 is 10.0 Å². The fraction of sp³-hybridized carbons (Fsp3) is 0.538. The Balaban J connectivity index is 2.16. The van der Waals surface area contributed by atoms with Gasteiger partial charge in [-0.3, -0.25) is 5.84 Å². The maximum Gasteiger partial charge on any atom is 0.243 e. The molecule has 1 saturated heterocycles. The first-order valence-electron chi connectivity index (χ1n) is 6.76. The Labute approximate surface area is 119 Å². The van der Waals surface area contributed by atoms with Gasteiger partial charge in [0.15, 0.2) is 0 Å². The number of nitrogens with zero attached hydrogens (tertiary/aromatic N) is 1. The molecule has 0 saturated carbocycles. The Morgan fingerprint density at radius 3 is 2.70 bits per heavy atom. The van der Waals surface area contributed by atoms with Crippen molar-refractivity contribution in [1.82, 2.24) is 4.31 Å². The first-order valence-corrected chi connectivity index (χ1v) is 8.20. The van der Waals surface area contributed by atoms with Crippen LogP contribution in [0.2, 0.25) is 0 Å². The van der Waals surface area contributed by atoms with Crippen molar-refractivity contribution in [3.8, 4) is 0 Å². The highest BCUT2D eigenvalue weighted by atomic mass is 32.2. The molecule has 0 aromatic heterocycles. The first kappa shape index (κ1) is 15.2. The van der Waals surface area contributed by atoms with Crippen molar-refractivity contribution in [3.05, 3.63) is 24.3 Å². The van der Waals surface area contributed by atoms with E-state index in [1.165, 1.54) is 4.31 Å². The summed E-state index contributed by atoms with van der Waals surface area (Å²) >= 11 is 0. The van der Waals surface area contributed by atoms with E-state index in [0.29, 0.717) is 25.4 Å². The molecule has 7 heteroatoms. The zero-order chi connectivity index (χ0) is 14.6. The summed E-state index contributed by atoms with van der Waals surface area (Å²) in [6, 6.07) is 6.43. The Morgan fingerprint density at radius 1 is 1.40 bits per heavy atom. The van der Waals surface area contributed by atoms with Gasteiger partial charge in [0, 0.05) is 25.4 Å². The third kappa shape index (κ3) is 3.29. The molecule has 6 nitrogen and oxygen atoms in total. The van der Waals surface area contributed by atoms with Crippen molar-refractivity contribution < 1.29 is 13.2 Å². The highest BCUT2D eigenvalue weighted by molar-refractivity contribution is 7.89. The van der Waals surface area contributed by atoms with Crippen LogP contribution in [-0.4, -0.2) is 38.5 Å². The van der Waals surface area contributed by atoms with Crippen LogP contribution in [0.5, 0.6) is 0 Å². The highest BCUT2D eigenvalue weighted by Gasteiger charge is 2.30. The van der Waals surface area contributed by atoms with Gasteiger partial charge in [-0.15, -0.1) is 0 Å². The molecule has 1 aliphatic rings. The van der Waals surface area contributed by atoms with Crippen molar-refractivity contribution in [2.75, 3.05) is 25.1 Å². The predicted molar refractivity (Wildman–Crippen MR) is 77.7 cm³/mol. The molecule has 1 aromatic carbocycles. The quantitative estimate of drug-likeness (QED) is 0.629. The van der Waals surface area contributed by atoms with E-state index >= 15 is 0 Å². The minimum absolute atomic E-state index is 0.00601. The summed E-state index contributed by atoms with van der Waals surface area (Å²) in [6.45, 7) is 3.50. The standard InChI is InChI=1S/C13H21N3O3S/c1-2-19-12-4-3-9-16(10-12)20(17,18)13-7-5-11(15-14)6-8-13/h5-8,12,15H,2-4,9-10,14H2,1H3. The number of hydrazine groups is 1. The van der Waals surface area contributed by atoms with E-state index in [4.69, 9.17) is 10.6 Å². The lowest BCUT2D eigenvalue weighted by Gasteiger charge is -2.31. The number of piperidine rings is 1. The lowest BCUT2D eigenvalue weighted by molar-refractivity contribution is 0.0265. The van der Waals surface area contributed by atoms with Crippen molar-refractivity contribution in [2.45, 2.75) is 30.8 Å². The summed E-state index contributed by atoms with van der Waals surface area (Å²) < 4.78 is 32.2. The van der Waals surface area contributed by atoms with Crippen LogP contribution >= 0.6 is 0 Å². The van der Waals surface area contributed by atoms with E-state index in [2.05, 4.69) is 5.43 Å². The fourth-order valence-electron chi connectivity index (χ4n) is 2.37. The molecule has 2 rings (SSSR count). The summed E-state index contributed by atoms with van der Waals surface area (Å²) in [6.07, 6.45) is 1.73. The Kier molecular flexibility index (Phi) is 4.98. The zero-order valence-electron chi connectivity index (χ0n) is 11.6. The van der Waals surface area contributed by atoms with Crippen molar-refractivity contribution in [1.29, 1.82) is 0 Å². The molecule has 1 fully saturated rings. The number of sulfonamides is 1. The molecular weight excluding hydrogens is 278 g/mol. The van der Waals surface area contributed by atoms with Gasteiger partial charge in [0.2, 0.25) is 10.0 Å². The maximum atomic E-state index is 12.6. The lowest BCUT2D eigenvalue weighted by Crippen LogP contribution is -2.43. The van der Waals surface area contributed by atoms with Gasteiger partial charge in [0.1, 0.15) is 0 Å². The van der Waals surface area contributed by atoms with E-state index in [1.807, 2.05) is 6.92 Å². The molecule has 112 valence electrons. The summed E-state index contributed by atoms with van der Waals surface area (Å²) in [7, 11) is -3.45. The van der Waals surface area contributed by atoms with Crippen LogP contribution in [0.4, 0.5) is 5.69 Å². The first-order chi connectivity index (χ1) is 9.57. The minimum Gasteiger partial charge on any atom is -0.377 e. The van der Waals surface area contributed by atoms with E-state index in [-0.39, 0.29) is 11.0 Å². The van der Waals surface area contributed by atoms with E-state index in [9.17, 15) is 8.42 Å². The molecule has 0 radical (unpaired) electrons. The highest BCUT2D eigenvalue weighted by Crippen LogP contribution is 2.23. The lowest BCUT2D eigenvalue weighted by atomic mass is 10.1. The van der Waals surface area contributed by atoms with Crippen molar-refractivity contribution >= 4 is 15.7 Å². The van der Waals surface area contributed by atoms with Crippen LogP contribution in [0.3, 0.4) is 0 Å². The molecule has 1 unspecified atom stereocenters. The Bertz CT molecular complexity index is 528. The molecule has 20 heavy (non-hydrogen) atoms. The molecule has 0 bridgehead atoms. The molecule has 1 aromatic rings. The smallest absolute Gasteiger partial charge is 0.243 e. The van der Waals surface area contributed by atoms with Crippen LogP contribution in [0, 0.1) is 0 Å². The second-order valence-corrected chi connectivity index (χ2v) is 6.69. The summed E-state index contributed by atoms with van der Waals surface area (Å²) in [5.74, 6) is 5.28. The summed E-state index contributed by atoms with van der Waals surface area (Å²) in [5, 5.41) is 0. The van der Waals surface area contributed by atoms with Crippen LogP contribution in [0.25, 0.3) is 0 Å². The Morgan fingerprint density at radius 2 is 2.10 bits per heavy atom. The number of rotatable bonds is 5. The van der Waals surface area contributed by atoms with Gasteiger partial charge in [0.25, 0.3) is 0 Å². The molecule has 0 amide bonds. The molecule has 1 atom stereocenters. The molecular formula is C13H21N3O3S. The van der Waals surface area contributed by atoms with Crippen LogP contribution in [-0.2, 0) is 14.8 Å². The topological polar surface area (TPSA) is 84.7 Å². The fourth-order valence-corrected chi connectivity index (χ4v) is 3.88. The number of hydrogen-bond acceptors (Lipinski definition) is 5. The number of hydrogen-bond donors (Lipinski definition) is 2. The van der Waals surface area contributed by atoms with Gasteiger partial charge in [-0.2, -0.15) is 4.31 Å². The second kappa shape index (κ2) is 6.53. The number of benzene rings is 1. The van der Waals surface area contributed by atoms with Gasteiger partial charge in [-0.05, 0) is 44.0 Å². The summed E-state index contributed by atoms with van der Waals surface area (Å²) in [4.78, 5) is 0.286. The van der Waals surface area contributed by atoms with Gasteiger partial charge >= 0.3 is 0 Å². The number of nitrogens with one attached hydrogen (secondary N) is 1. The molecule has 3 N–H and O–H groups in total. The molecule has 0 spiro atoms. The average molecular weight is 299 g/mol. The van der Waals surface area contributed by atoms with Gasteiger partial charge in [-0.25, -0.2) is 8.42 Å². The molecule has 0 aliphatic carbocycles. The van der Waals surface area contributed by atoms with Gasteiger partial charge in [-0.1, -0.05) is 0 Å². The van der Waals surface area contributed by atoms with Crippen molar-refractivity contribution in [3.63, 3.8) is 0 Å². The molecule has 1 aliphatic heterocycles. The zero-order valence-corrected chi connectivity index (χ0v) is 12.4. The van der Waals surface area contributed by atoms with Crippen LogP contribution in [0.1, 0.15) is 19.8 Å². The maximum absolute atomic E-state index is 12.6.